The molecule has 0 aliphatic heterocycles. The molecule has 0 spiro atoms. The van der Waals surface area contributed by atoms with Crippen molar-refractivity contribution in [2.24, 2.45) is 5.73 Å². The van der Waals surface area contributed by atoms with Crippen LogP contribution in [0.3, 0.4) is 0 Å². The highest BCUT2D eigenvalue weighted by Gasteiger charge is 2.17. The number of nitrogens with one attached hydrogen (secondary N) is 1. The predicted molar refractivity (Wildman–Crippen MR) is 95.0 cm³/mol. The topological polar surface area (TPSA) is 64.3 Å². The number of benzene rings is 2. The van der Waals surface area contributed by atoms with Crippen LogP contribution in [-0.2, 0) is 0 Å². The third-order valence-corrected chi connectivity index (χ3v) is 4.41. The molecule has 0 saturated heterocycles. The van der Waals surface area contributed by atoms with Crippen molar-refractivity contribution in [2.45, 2.75) is 37.8 Å². The summed E-state index contributed by atoms with van der Waals surface area (Å²) in [6.07, 6.45) is 4.93. The van der Waals surface area contributed by atoms with Gasteiger partial charge in [-0.25, -0.2) is 0 Å². The summed E-state index contributed by atoms with van der Waals surface area (Å²) in [5.41, 5.74) is 7.73. The maximum absolute atomic E-state index is 12.3. The van der Waals surface area contributed by atoms with Crippen molar-refractivity contribution in [3.05, 3.63) is 65.7 Å². The number of carbonyl (C=O) groups is 1. The van der Waals surface area contributed by atoms with Crippen LogP contribution >= 0.6 is 0 Å². The van der Waals surface area contributed by atoms with E-state index in [0.717, 1.165) is 24.2 Å². The standard InChI is InChI=1S/C20H24N2O2/c21-19(15-7-2-1-3-8-15)14-22-20(23)16-9-6-12-18(13-16)24-17-10-4-5-11-17/h1-3,6-9,12-13,17,19H,4-5,10-11,14,21H2,(H,22,23). The Hall–Kier alpha value is -2.33. The lowest BCUT2D eigenvalue weighted by atomic mass is 10.1. The SMILES string of the molecule is NC(CNC(=O)c1cccc(OC2CCCC2)c1)c1ccccc1. The summed E-state index contributed by atoms with van der Waals surface area (Å²) in [7, 11) is 0. The number of hydrogen-bond donors (Lipinski definition) is 2. The first-order chi connectivity index (χ1) is 11.7. The summed E-state index contributed by atoms with van der Waals surface area (Å²) < 4.78 is 5.96. The van der Waals surface area contributed by atoms with Crippen LogP contribution in [0.5, 0.6) is 5.75 Å². The van der Waals surface area contributed by atoms with Gasteiger partial charge in [-0.2, -0.15) is 0 Å². The fourth-order valence-corrected chi connectivity index (χ4v) is 3.03. The van der Waals surface area contributed by atoms with Crippen LogP contribution in [0.15, 0.2) is 54.6 Å². The maximum atomic E-state index is 12.3. The summed E-state index contributed by atoms with van der Waals surface area (Å²) >= 11 is 0. The van der Waals surface area contributed by atoms with Crippen molar-refractivity contribution in [3.8, 4) is 5.75 Å². The molecule has 24 heavy (non-hydrogen) atoms. The second-order valence-corrected chi connectivity index (χ2v) is 6.28. The van der Waals surface area contributed by atoms with Crippen LogP contribution in [0, 0.1) is 0 Å². The Morgan fingerprint density at radius 1 is 1.12 bits per heavy atom. The summed E-state index contributed by atoms with van der Waals surface area (Å²) in [5.74, 6) is 0.639. The molecule has 1 amide bonds. The van der Waals surface area contributed by atoms with Gasteiger partial charge in [-0.1, -0.05) is 36.4 Å². The molecule has 1 aliphatic rings. The molecule has 4 heteroatoms. The molecule has 4 nitrogen and oxygen atoms in total. The summed E-state index contributed by atoms with van der Waals surface area (Å²) in [4.78, 5) is 12.3. The largest absolute Gasteiger partial charge is 0.490 e. The van der Waals surface area contributed by atoms with E-state index in [1.165, 1.54) is 12.8 Å². The van der Waals surface area contributed by atoms with Crippen molar-refractivity contribution in [1.29, 1.82) is 0 Å². The first kappa shape index (κ1) is 16.5. The smallest absolute Gasteiger partial charge is 0.251 e. The molecule has 0 aromatic heterocycles. The average Bonchev–Trinajstić information content (AvgIpc) is 3.13. The van der Waals surface area contributed by atoms with E-state index in [9.17, 15) is 4.79 Å². The van der Waals surface area contributed by atoms with Gasteiger partial charge in [0.25, 0.3) is 5.91 Å². The van der Waals surface area contributed by atoms with Crippen molar-refractivity contribution in [2.75, 3.05) is 6.54 Å². The Bertz CT molecular complexity index is 666. The molecular weight excluding hydrogens is 300 g/mol. The van der Waals surface area contributed by atoms with Crippen molar-refractivity contribution >= 4 is 5.91 Å². The Morgan fingerprint density at radius 2 is 1.88 bits per heavy atom. The van der Waals surface area contributed by atoms with Gasteiger partial charge in [-0.05, 0) is 49.4 Å². The second-order valence-electron chi connectivity index (χ2n) is 6.28. The molecule has 1 saturated carbocycles. The zero-order chi connectivity index (χ0) is 16.8. The van der Waals surface area contributed by atoms with Gasteiger partial charge < -0.3 is 15.8 Å². The van der Waals surface area contributed by atoms with Crippen molar-refractivity contribution < 1.29 is 9.53 Å². The molecule has 1 atom stereocenters. The maximum Gasteiger partial charge on any atom is 0.251 e. The lowest BCUT2D eigenvalue weighted by Crippen LogP contribution is -2.31. The monoisotopic (exact) mass is 324 g/mol. The van der Waals surface area contributed by atoms with Gasteiger partial charge >= 0.3 is 0 Å². The molecule has 1 unspecified atom stereocenters. The minimum Gasteiger partial charge on any atom is -0.490 e. The number of nitrogens with two attached hydrogens (primary N) is 1. The number of hydrogen-bond acceptors (Lipinski definition) is 3. The molecule has 0 radical (unpaired) electrons. The molecule has 126 valence electrons. The minimum atomic E-state index is -0.215. The lowest BCUT2D eigenvalue weighted by molar-refractivity contribution is 0.0950. The molecule has 1 aliphatic carbocycles. The van der Waals surface area contributed by atoms with Gasteiger partial charge in [0.05, 0.1) is 6.10 Å². The van der Waals surface area contributed by atoms with E-state index < -0.39 is 0 Å². The van der Waals surface area contributed by atoms with Gasteiger partial charge in [0.15, 0.2) is 0 Å². The molecule has 3 N–H and O–H groups in total. The van der Waals surface area contributed by atoms with Gasteiger partial charge in [-0.3, -0.25) is 4.79 Å². The van der Waals surface area contributed by atoms with E-state index in [1.807, 2.05) is 48.5 Å². The van der Waals surface area contributed by atoms with E-state index in [4.69, 9.17) is 10.5 Å². The fourth-order valence-electron chi connectivity index (χ4n) is 3.03. The van der Waals surface area contributed by atoms with Crippen LogP contribution < -0.4 is 15.8 Å². The fraction of sp³-hybridized carbons (Fsp3) is 0.350. The highest BCUT2D eigenvalue weighted by Crippen LogP contribution is 2.24. The first-order valence-corrected chi connectivity index (χ1v) is 8.58. The summed E-state index contributed by atoms with van der Waals surface area (Å²) in [6.45, 7) is 0.399. The Morgan fingerprint density at radius 3 is 2.62 bits per heavy atom. The molecule has 2 aromatic rings. The molecule has 0 bridgehead atoms. The van der Waals surface area contributed by atoms with E-state index in [1.54, 1.807) is 6.07 Å². The van der Waals surface area contributed by atoms with Crippen LogP contribution in [0.4, 0.5) is 0 Å². The zero-order valence-electron chi connectivity index (χ0n) is 13.8. The van der Waals surface area contributed by atoms with Crippen molar-refractivity contribution in [3.63, 3.8) is 0 Å². The summed E-state index contributed by atoms with van der Waals surface area (Å²) in [5, 5.41) is 2.90. The summed E-state index contributed by atoms with van der Waals surface area (Å²) in [6, 6.07) is 16.9. The van der Waals surface area contributed by atoms with Gasteiger partial charge in [0, 0.05) is 18.2 Å². The van der Waals surface area contributed by atoms with Crippen molar-refractivity contribution in [1.82, 2.24) is 5.32 Å². The highest BCUT2D eigenvalue weighted by molar-refractivity contribution is 5.94. The third kappa shape index (κ3) is 4.36. The van der Waals surface area contributed by atoms with E-state index in [2.05, 4.69) is 5.32 Å². The molecule has 2 aromatic carbocycles. The Balaban J connectivity index is 1.56. The van der Waals surface area contributed by atoms with Crippen LogP contribution in [0.1, 0.15) is 47.6 Å². The zero-order valence-corrected chi connectivity index (χ0v) is 13.8. The van der Waals surface area contributed by atoms with Gasteiger partial charge in [0.1, 0.15) is 5.75 Å². The number of ether oxygens (including phenoxy) is 1. The average molecular weight is 324 g/mol. The van der Waals surface area contributed by atoms with E-state index >= 15 is 0 Å². The Kier molecular flexibility index (Phi) is 5.49. The quantitative estimate of drug-likeness (QED) is 0.855. The van der Waals surface area contributed by atoms with Crippen LogP contribution in [0.25, 0.3) is 0 Å². The first-order valence-electron chi connectivity index (χ1n) is 8.58. The lowest BCUT2D eigenvalue weighted by Gasteiger charge is -2.15. The van der Waals surface area contributed by atoms with E-state index in [-0.39, 0.29) is 18.1 Å². The molecule has 1 fully saturated rings. The highest BCUT2D eigenvalue weighted by atomic mass is 16.5. The van der Waals surface area contributed by atoms with Gasteiger partial charge in [-0.15, -0.1) is 0 Å². The number of carbonyl (C=O) groups excluding carboxylic acids is 1. The number of amides is 1. The third-order valence-electron chi connectivity index (χ3n) is 4.41. The predicted octanol–water partition coefficient (Wildman–Crippen LogP) is 3.44. The molecular formula is C20H24N2O2. The minimum absolute atomic E-state index is 0.127. The molecule has 0 heterocycles. The second kappa shape index (κ2) is 7.97. The van der Waals surface area contributed by atoms with Crippen LogP contribution in [-0.4, -0.2) is 18.6 Å². The molecule has 3 rings (SSSR count). The normalized spacial score (nSPS) is 15.9. The Labute approximate surface area is 143 Å². The van der Waals surface area contributed by atoms with E-state index in [0.29, 0.717) is 12.1 Å². The number of rotatable bonds is 6. The van der Waals surface area contributed by atoms with Gasteiger partial charge in [0.2, 0.25) is 0 Å². The van der Waals surface area contributed by atoms with Crippen LogP contribution in [0.2, 0.25) is 0 Å².